The van der Waals surface area contributed by atoms with Crippen molar-refractivity contribution < 1.29 is 29.4 Å². The third-order valence-electron chi connectivity index (χ3n) is 6.84. The van der Waals surface area contributed by atoms with E-state index in [-0.39, 0.29) is 36.3 Å². The van der Waals surface area contributed by atoms with Crippen LogP contribution in [-0.2, 0) is 32.0 Å². The molecule has 10 nitrogen and oxygen atoms in total. The molecule has 218 valence electrons. The van der Waals surface area contributed by atoms with Crippen molar-refractivity contribution in [3.8, 4) is 5.75 Å². The van der Waals surface area contributed by atoms with E-state index in [2.05, 4.69) is 21.3 Å². The first kappa shape index (κ1) is 31.1. The van der Waals surface area contributed by atoms with E-state index in [0.717, 1.165) is 18.5 Å². The average molecular weight is 573 g/mol. The first-order chi connectivity index (χ1) is 18.9. The highest BCUT2D eigenvalue weighted by Crippen LogP contribution is 2.22. The highest BCUT2D eigenvalue weighted by atomic mass is 32.1. The Morgan fingerprint density at radius 3 is 2.12 bits per heavy atom. The molecule has 0 saturated carbocycles. The van der Waals surface area contributed by atoms with E-state index >= 15 is 0 Å². The average Bonchev–Trinajstić information content (AvgIpc) is 3.61. The van der Waals surface area contributed by atoms with Gasteiger partial charge in [0.1, 0.15) is 23.9 Å². The number of aromatic hydroxyl groups is 1. The summed E-state index contributed by atoms with van der Waals surface area (Å²) < 4.78 is 0. The first-order valence-electron chi connectivity index (χ1n) is 13.6. The molecule has 40 heavy (non-hydrogen) atoms. The van der Waals surface area contributed by atoms with E-state index in [1.807, 2.05) is 37.6 Å². The van der Waals surface area contributed by atoms with Crippen LogP contribution in [0.2, 0.25) is 0 Å². The normalized spacial score (nSPS) is 17.4. The Morgan fingerprint density at radius 2 is 1.57 bits per heavy atom. The van der Waals surface area contributed by atoms with Crippen molar-refractivity contribution in [1.29, 1.82) is 0 Å². The lowest BCUT2D eigenvalue weighted by Gasteiger charge is -2.26. The third-order valence-corrected chi connectivity index (χ3v) is 7.57. The minimum absolute atomic E-state index is 0.0795. The molecular weight excluding hydrogens is 532 g/mol. The third kappa shape index (κ3) is 9.95. The van der Waals surface area contributed by atoms with Crippen LogP contribution in [0, 0.1) is 5.41 Å². The van der Waals surface area contributed by atoms with Gasteiger partial charge in [0.25, 0.3) is 0 Å². The van der Waals surface area contributed by atoms with Crippen molar-refractivity contribution in [3.05, 3.63) is 52.2 Å². The van der Waals surface area contributed by atoms with Gasteiger partial charge in [-0.25, -0.2) is 4.79 Å². The Bertz CT molecular complexity index is 1140. The number of phenols is 1. The fraction of sp³-hybridized carbons (Fsp3) is 0.517. The predicted octanol–water partition coefficient (Wildman–Crippen LogP) is 2.36. The maximum Gasteiger partial charge on any atom is 0.326 e. The number of hydrogen-bond acceptors (Lipinski definition) is 7. The number of nitrogens with one attached hydrogen (secondary N) is 4. The maximum atomic E-state index is 13.6. The summed E-state index contributed by atoms with van der Waals surface area (Å²) in [6.07, 6.45) is 2.65. The number of benzene rings is 1. The van der Waals surface area contributed by atoms with Gasteiger partial charge >= 0.3 is 5.97 Å². The van der Waals surface area contributed by atoms with Crippen molar-refractivity contribution in [2.24, 2.45) is 5.41 Å². The molecule has 0 aliphatic carbocycles. The second-order valence-electron chi connectivity index (χ2n) is 11.5. The molecule has 6 N–H and O–H groups in total. The summed E-state index contributed by atoms with van der Waals surface area (Å²) in [6.45, 7) is 6.71. The van der Waals surface area contributed by atoms with Gasteiger partial charge in [0.2, 0.25) is 17.7 Å². The Labute approximate surface area is 238 Å². The van der Waals surface area contributed by atoms with E-state index in [9.17, 15) is 29.4 Å². The van der Waals surface area contributed by atoms with Gasteiger partial charge in [0, 0.05) is 12.8 Å². The van der Waals surface area contributed by atoms with Gasteiger partial charge in [-0.1, -0.05) is 32.9 Å². The van der Waals surface area contributed by atoms with Crippen molar-refractivity contribution in [2.45, 2.75) is 83.5 Å². The van der Waals surface area contributed by atoms with E-state index < -0.39 is 42.0 Å². The Morgan fingerprint density at radius 1 is 0.950 bits per heavy atom. The van der Waals surface area contributed by atoms with Crippen molar-refractivity contribution in [3.63, 3.8) is 0 Å². The van der Waals surface area contributed by atoms with Gasteiger partial charge in [-0.15, -0.1) is 0 Å². The number of amides is 3. The lowest BCUT2D eigenvalue weighted by atomic mass is 9.88. The van der Waals surface area contributed by atoms with E-state index in [4.69, 9.17) is 0 Å². The molecule has 0 unspecified atom stereocenters. The number of carboxylic acids is 1. The van der Waals surface area contributed by atoms with Crippen LogP contribution in [0.25, 0.3) is 0 Å². The van der Waals surface area contributed by atoms with Gasteiger partial charge in [0.05, 0.1) is 6.04 Å². The quantitative estimate of drug-likeness (QED) is 0.215. The number of rotatable bonds is 13. The smallest absolute Gasteiger partial charge is 0.326 e. The fourth-order valence-electron chi connectivity index (χ4n) is 4.49. The van der Waals surface area contributed by atoms with Crippen LogP contribution >= 0.6 is 11.3 Å². The Hall–Kier alpha value is -3.44. The molecule has 3 rings (SSSR count). The molecule has 0 bridgehead atoms. The molecule has 4 atom stereocenters. The number of aliphatic carboxylic acids is 1. The van der Waals surface area contributed by atoms with E-state index in [1.165, 1.54) is 23.5 Å². The molecule has 1 aromatic heterocycles. The minimum Gasteiger partial charge on any atom is -0.508 e. The molecule has 11 heteroatoms. The molecular formula is C29H40N4O6S. The molecule has 1 aliphatic rings. The number of thiophene rings is 1. The largest absolute Gasteiger partial charge is 0.508 e. The number of phenolic OH excluding ortho intramolecular Hbond substituents is 1. The highest BCUT2D eigenvalue weighted by Gasteiger charge is 2.32. The SMILES string of the molecule is CC(C)(C)CC[C@H](NC(=O)[C@H](Cc1ccsc1)NC(=O)[C@H](Cc1ccc(O)cc1)NC(=O)[C@@H]1CCCN1)C(=O)O. The summed E-state index contributed by atoms with van der Waals surface area (Å²) in [5.74, 6) is -2.52. The molecule has 2 aromatic rings. The first-order valence-corrected chi connectivity index (χ1v) is 14.5. The monoisotopic (exact) mass is 572 g/mol. The molecule has 1 aromatic carbocycles. The van der Waals surface area contributed by atoms with Gasteiger partial charge in [0.15, 0.2) is 0 Å². The van der Waals surface area contributed by atoms with Crippen molar-refractivity contribution >= 4 is 35.0 Å². The number of carbonyl (C=O) groups is 4. The van der Waals surface area contributed by atoms with Crippen LogP contribution in [0.15, 0.2) is 41.1 Å². The zero-order valence-corrected chi connectivity index (χ0v) is 24.1. The molecule has 0 radical (unpaired) electrons. The van der Waals surface area contributed by atoms with Gasteiger partial charge < -0.3 is 31.5 Å². The highest BCUT2D eigenvalue weighted by molar-refractivity contribution is 7.07. The Balaban J connectivity index is 1.79. The molecule has 0 spiro atoms. The zero-order valence-electron chi connectivity index (χ0n) is 23.2. The molecule has 2 heterocycles. The van der Waals surface area contributed by atoms with Crippen molar-refractivity contribution in [2.75, 3.05) is 6.54 Å². The summed E-state index contributed by atoms with van der Waals surface area (Å²) in [5, 5.41) is 34.4. The molecule has 1 aliphatic heterocycles. The van der Waals surface area contributed by atoms with Crippen LogP contribution in [0.1, 0.15) is 57.6 Å². The summed E-state index contributed by atoms with van der Waals surface area (Å²) in [7, 11) is 0. The second kappa shape index (κ2) is 14.3. The topological polar surface area (TPSA) is 157 Å². The predicted molar refractivity (Wildman–Crippen MR) is 153 cm³/mol. The van der Waals surface area contributed by atoms with Crippen molar-refractivity contribution in [1.82, 2.24) is 21.3 Å². The van der Waals surface area contributed by atoms with Crippen LogP contribution < -0.4 is 21.3 Å². The van der Waals surface area contributed by atoms with E-state index in [1.54, 1.807) is 12.1 Å². The summed E-state index contributed by atoms with van der Waals surface area (Å²) in [4.78, 5) is 51.8. The van der Waals surface area contributed by atoms with Crippen LogP contribution in [0.3, 0.4) is 0 Å². The van der Waals surface area contributed by atoms with Crippen LogP contribution in [0.4, 0.5) is 0 Å². The lowest BCUT2D eigenvalue weighted by molar-refractivity contribution is -0.142. The van der Waals surface area contributed by atoms with Gasteiger partial charge in [-0.2, -0.15) is 11.3 Å². The fourth-order valence-corrected chi connectivity index (χ4v) is 5.17. The summed E-state index contributed by atoms with van der Waals surface area (Å²) in [5.41, 5.74) is 1.42. The minimum atomic E-state index is -1.14. The zero-order chi connectivity index (χ0) is 29.3. The standard InChI is InChI=1S/C29H40N4O6S/c1-29(2,3)12-10-22(28(38)39)31-26(36)24(16-19-11-14-40-17-19)33-27(37)23(15-18-6-8-20(34)9-7-18)32-25(35)21-5-4-13-30-21/h6-9,11,14,17,21-24,30,34H,4-5,10,12-13,15-16H2,1-3H3,(H,31,36)(H,32,35)(H,33,37)(H,38,39)/t21-,22-,23-,24-/m0/s1. The maximum absolute atomic E-state index is 13.6. The van der Waals surface area contributed by atoms with Gasteiger partial charge in [-0.05, 0) is 77.7 Å². The molecule has 1 saturated heterocycles. The Kier molecular flexibility index (Phi) is 11.1. The summed E-state index contributed by atoms with van der Waals surface area (Å²) >= 11 is 1.45. The number of hydrogen-bond donors (Lipinski definition) is 6. The molecule has 1 fully saturated rings. The molecule has 3 amide bonds. The van der Waals surface area contributed by atoms with Crippen LogP contribution in [-0.4, -0.2) is 64.6 Å². The van der Waals surface area contributed by atoms with Crippen LogP contribution in [0.5, 0.6) is 5.75 Å². The lowest BCUT2D eigenvalue weighted by Crippen LogP contribution is -2.58. The number of carboxylic acid groups (broad SMARTS) is 1. The van der Waals surface area contributed by atoms with Gasteiger partial charge in [-0.3, -0.25) is 14.4 Å². The summed E-state index contributed by atoms with van der Waals surface area (Å²) in [6, 6.07) is 4.62. The second-order valence-corrected chi connectivity index (χ2v) is 12.3. The van der Waals surface area contributed by atoms with E-state index in [0.29, 0.717) is 18.4 Å². The number of carbonyl (C=O) groups excluding carboxylic acids is 3.